The fraction of sp³-hybridized carbons (Fsp3) is 0.923. The molecule has 92 valence electrons. The molecule has 16 heavy (non-hydrogen) atoms. The standard InChI is InChI=1S/C13H24N2S/c1-10(2)11-7-8-15(9-11)13(16)14-12-5-3-4-6-12/h10-12H,3-9H2,1-2H3,(H,14,16). The number of nitrogens with zero attached hydrogens (tertiary/aromatic N) is 1. The van der Waals surface area contributed by atoms with E-state index in [9.17, 15) is 0 Å². The van der Waals surface area contributed by atoms with Crippen molar-refractivity contribution < 1.29 is 0 Å². The molecular formula is C13H24N2S. The van der Waals surface area contributed by atoms with Gasteiger partial charge in [-0.2, -0.15) is 0 Å². The molecule has 1 saturated carbocycles. The Morgan fingerprint density at radius 2 is 1.94 bits per heavy atom. The van der Waals surface area contributed by atoms with E-state index in [0.717, 1.165) is 30.0 Å². The first-order valence-electron chi connectivity index (χ1n) is 6.72. The van der Waals surface area contributed by atoms with Gasteiger partial charge in [-0.05, 0) is 43.3 Å². The minimum Gasteiger partial charge on any atom is -0.360 e. The van der Waals surface area contributed by atoms with Crippen molar-refractivity contribution in [2.45, 2.75) is 52.0 Å². The van der Waals surface area contributed by atoms with E-state index in [2.05, 4.69) is 24.1 Å². The fourth-order valence-corrected chi connectivity index (χ4v) is 3.18. The highest BCUT2D eigenvalue weighted by Crippen LogP contribution is 2.24. The summed E-state index contributed by atoms with van der Waals surface area (Å²) < 4.78 is 0. The van der Waals surface area contributed by atoms with Crippen LogP contribution >= 0.6 is 12.2 Å². The predicted molar refractivity (Wildman–Crippen MR) is 72.5 cm³/mol. The topological polar surface area (TPSA) is 15.3 Å². The van der Waals surface area contributed by atoms with Crippen LogP contribution in [0.2, 0.25) is 0 Å². The molecule has 3 heteroatoms. The van der Waals surface area contributed by atoms with Crippen molar-refractivity contribution in [2.24, 2.45) is 11.8 Å². The van der Waals surface area contributed by atoms with Gasteiger partial charge in [-0.3, -0.25) is 0 Å². The van der Waals surface area contributed by atoms with Crippen LogP contribution in [0.3, 0.4) is 0 Å². The first-order valence-corrected chi connectivity index (χ1v) is 7.13. The summed E-state index contributed by atoms with van der Waals surface area (Å²) in [7, 11) is 0. The molecule has 2 rings (SSSR count). The zero-order chi connectivity index (χ0) is 11.5. The lowest BCUT2D eigenvalue weighted by Gasteiger charge is -2.24. The summed E-state index contributed by atoms with van der Waals surface area (Å²) in [6.45, 7) is 6.96. The van der Waals surface area contributed by atoms with Crippen LogP contribution < -0.4 is 5.32 Å². The molecule has 1 unspecified atom stereocenters. The molecule has 0 bridgehead atoms. The summed E-state index contributed by atoms with van der Waals surface area (Å²) in [4.78, 5) is 2.37. The maximum Gasteiger partial charge on any atom is 0.169 e. The number of rotatable bonds is 2. The van der Waals surface area contributed by atoms with E-state index in [1.807, 2.05) is 0 Å². The van der Waals surface area contributed by atoms with Gasteiger partial charge in [0.25, 0.3) is 0 Å². The minimum atomic E-state index is 0.658. The van der Waals surface area contributed by atoms with Crippen molar-refractivity contribution in [1.29, 1.82) is 0 Å². The van der Waals surface area contributed by atoms with Gasteiger partial charge in [0.1, 0.15) is 0 Å². The van der Waals surface area contributed by atoms with Crippen molar-refractivity contribution in [1.82, 2.24) is 10.2 Å². The Hall–Kier alpha value is -0.310. The molecular weight excluding hydrogens is 216 g/mol. The molecule has 0 spiro atoms. The molecule has 2 fully saturated rings. The maximum absolute atomic E-state index is 5.50. The number of likely N-dealkylation sites (tertiary alicyclic amines) is 1. The molecule has 0 amide bonds. The summed E-state index contributed by atoms with van der Waals surface area (Å²) >= 11 is 5.50. The Morgan fingerprint density at radius 1 is 1.25 bits per heavy atom. The van der Waals surface area contributed by atoms with Gasteiger partial charge in [0, 0.05) is 19.1 Å². The zero-order valence-corrected chi connectivity index (χ0v) is 11.4. The third-order valence-electron chi connectivity index (χ3n) is 4.14. The summed E-state index contributed by atoms with van der Waals surface area (Å²) in [5.74, 6) is 1.63. The van der Waals surface area contributed by atoms with E-state index >= 15 is 0 Å². The quantitative estimate of drug-likeness (QED) is 0.747. The van der Waals surface area contributed by atoms with Gasteiger partial charge in [0.15, 0.2) is 5.11 Å². The molecule has 2 nitrogen and oxygen atoms in total. The molecule has 1 saturated heterocycles. The van der Waals surface area contributed by atoms with Gasteiger partial charge < -0.3 is 10.2 Å². The SMILES string of the molecule is CC(C)C1CCN(C(=S)NC2CCCC2)C1. The third-order valence-corrected chi connectivity index (χ3v) is 4.51. The smallest absolute Gasteiger partial charge is 0.169 e. The molecule has 0 radical (unpaired) electrons. The van der Waals surface area contributed by atoms with Crippen LogP contribution in [0.15, 0.2) is 0 Å². The first kappa shape index (κ1) is 12.2. The van der Waals surface area contributed by atoms with Gasteiger partial charge in [0.2, 0.25) is 0 Å². The number of hydrogen-bond acceptors (Lipinski definition) is 1. The molecule has 2 aliphatic rings. The lowest BCUT2D eigenvalue weighted by atomic mass is 9.95. The Balaban J connectivity index is 1.77. The second-order valence-corrected chi connectivity index (χ2v) is 6.06. The molecule has 0 aromatic carbocycles. The fourth-order valence-electron chi connectivity index (χ4n) is 2.85. The lowest BCUT2D eigenvalue weighted by Crippen LogP contribution is -2.42. The molecule has 1 aliphatic heterocycles. The van der Waals surface area contributed by atoms with Crippen molar-refractivity contribution in [2.75, 3.05) is 13.1 Å². The van der Waals surface area contributed by atoms with Crippen LogP contribution in [0.25, 0.3) is 0 Å². The molecule has 1 aliphatic carbocycles. The first-order chi connectivity index (χ1) is 7.66. The molecule has 1 N–H and O–H groups in total. The van der Waals surface area contributed by atoms with Gasteiger partial charge in [0.05, 0.1) is 0 Å². The normalized spacial score (nSPS) is 26.7. The molecule has 0 aromatic heterocycles. The zero-order valence-electron chi connectivity index (χ0n) is 10.5. The highest BCUT2D eigenvalue weighted by Gasteiger charge is 2.27. The molecule has 0 aromatic rings. The average Bonchev–Trinajstić information content (AvgIpc) is 2.86. The average molecular weight is 240 g/mol. The highest BCUT2D eigenvalue weighted by molar-refractivity contribution is 7.80. The lowest BCUT2D eigenvalue weighted by molar-refractivity contribution is 0.384. The summed E-state index contributed by atoms with van der Waals surface area (Å²) in [5.41, 5.74) is 0. The van der Waals surface area contributed by atoms with Crippen LogP contribution in [0, 0.1) is 11.8 Å². The molecule has 1 heterocycles. The summed E-state index contributed by atoms with van der Waals surface area (Å²) in [6, 6.07) is 0.658. The summed E-state index contributed by atoms with van der Waals surface area (Å²) in [5, 5.41) is 4.55. The van der Waals surface area contributed by atoms with Gasteiger partial charge in [-0.1, -0.05) is 26.7 Å². The van der Waals surface area contributed by atoms with Crippen molar-refractivity contribution in [3.05, 3.63) is 0 Å². The van der Waals surface area contributed by atoms with Crippen molar-refractivity contribution in [3.63, 3.8) is 0 Å². The highest BCUT2D eigenvalue weighted by atomic mass is 32.1. The van der Waals surface area contributed by atoms with Gasteiger partial charge in [-0.15, -0.1) is 0 Å². The second kappa shape index (κ2) is 5.35. The molecule has 1 atom stereocenters. The van der Waals surface area contributed by atoms with Crippen LogP contribution in [-0.4, -0.2) is 29.1 Å². The number of nitrogens with one attached hydrogen (secondary N) is 1. The van der Waals surface area contributed by atoms with Gasteiger partial charge >= 0.3 is 0 Å². The van der Waals surface area contributed by atoms with E-state index in [-0.39, 0.29) is 0 Å². The second-order valence-electron chi connectivity index (χ2n) is 5.67. The van der Waals surface area contributed by atoms with E-state index < -0.39 is 0 Å². The van der Waals surface area contributed by atoms with Crippen LogP contribution in [0.1, 0.15) is 46.0 Å². The third kappa shape index (κ3) is 2.88. The monoisotopic (exact) mass is 240 g/mol. The Kier molecular flexibility index (Phi) is 4.06. The minimum absolute atomic E-state index is 0.658. The maximum atomic E-state index is 5.50. The van der Waals surface area contributed by atoms with Gasteiger partial charge in [-0.25, -0.2) is 0 Å². The van der Waals surface area contributed by atoms with Crippen molar-refractivity contribution in [3.8, 4) is 0 Å². The Bertz CT molecular complexity index is 246. The van der Waals surface area contributed by atoms with Crippen molar-refractivity contribution >= 4 is 17.3 Å². The summed E-state index contributed by atoms with van der Waals surface area (Å²) in [6.07, 6.45) is 6.66. The van der Waals surface area contributed by atoms with E-state index in [1.165, 1.54) is 32.1 Å². The van der Waals surface area contributed by atoms with Crippen LogP contribution in [-0.2, 0) is 0 Å². The number of hydrogen-bond donors (Lipinski definition) is 1. The van der Waals surface area contributed by atoms with E-state index in [4.69, 9.17) is 12.2 Å². The predicted octanol–water partition coefficient (Wildman–Crippen LogP) is 2.78. The Labute approximate surface area is 105 Å². The van der Waals surface area contributed by atoms with Crippen LogP contribution in [0.4, 0.5) is 0 Å². The number of thiocarbonyl (C=S) groups is 1. The largest absolute Gasteiger partial charge is 0.360 e. The Morgan fingerprint density at radius 3 is 2.50 bits per heavy atom. The van der Waals surface area contributed by atoms with Crippen LogP contribution in [0.5, 0.6) is 0 Å². The van der Waals surface area contributed by atoms with E-state index in [0.29, 0.717) is 6.04 Å². The van der Waals surface area contributed by atoms with E-state index in [1.54, 1.807) is 0 Å².